The zero-order chi connectivity index (χ0) is 12.5. The van der Waals surface area contributed by atoms with Gasteiger partial charge in [0.25, 0.3) is 0 Å². The van der Waals surface area contributed by atoms with Crippen LogP contribution < -0.4 is 9.80 Å². The largest absolute Gasteiger partial charge is 0.431 e. The molecule has 0 bridgehead atoms. The van der Waals surface area contributed by atoms with E-state index in [4.69, 9.17) is 9.52 Å². The predicted molar refractivity (Wildman–Crippen MR) is 69.1 cm³/mol. The second-order valence-corrected chi connectivity index (χ2v) is 4.34. The maximum Gasteiger partial charge on any atom is 0.302 e. The third-order valence-corrected chi connectivity index (χ3v) is 3.18. The molecule has 5 heteroatoms. The van der Waals surface area contributed by atoms with Crippen molar-refractivity contribution in [3.63, 3.8) is 0 Å². The zero-order valence-corrected chi connectivity index (χ0v) is 10.2. The van der Waals surface area contributed by atoms with Gasteiger partial charge in [-0.1, -0.05) is 12.1 Å². The Morgan fingerprint density at radius 1 is 1.28 bits per heavy atom. The molecule has 0 saturated carbocycles. The first-order valence-electron chi connectivity index (χ1n) is 5.92. The molecule has 0 saturated heterocycles. The lowest BCUT2D eigenvalue weighted by atomic mass is 10.2. The van der Waals surface area contributed by atoms with Gasteiger partial charge < -0.3 is 14.4 Å². The number of nitrogens with zero attached hydrogens (tertiary/aromatic N) is 3. The van der Waals surface area contributed by atoms with E-state index in [9.17, 15) is 0 Å². The number of para-hydroxylation sites is 2. The van der Waals surface area contributed by atoms with Gasteiger partial charge in [0.1, 0.15) is 12.0 Å². The van der Waals surface area contributed by atoms with E-state index in [0.717, 1.165) is 24.5 Å². The third-order valence-electron chi connectivity index (χ3n) is 3.18. The highest BCUT2D eigenvalue weighted by atomic mass is 16.4. The van der Waals surface area contributed by atoms with Gasteiger partial charge >= 0.3 is 6.01 Å². The number of likely N-dealkylation sites (N-methyl/N-ethyl adjacent to an activating group) is 1. The van der Waals surface area contributed by atoms with Crippen LogP contribution in [-0.2, 0) is 6.61 Å². The summed E-state index contributed by atoms with van der Waals surface area (Å²) in [6, 6.07) is 8.69. The molecule has 0 fully saturated rings. The number of oxazole rings is 1. The first kappa shape index (κ1) is 11.1. The van der Waals surface area contributed by atoms with Crippen molar-refractivity contribution in [2.24, 2.45) is 0 Å². The summed E-state index contributed by atoms with van der Waals surface area (Å²) in [7, 11) is 2.07. The molecule has 0 spiro atoms. The van der Waals surface area contributed by atoms with Crippen LogP contribution in [0.2, 0.25) is 0 Å². The highest BCUT2D eigenvalue weighted by molar-refractivity contribution is 5.76. The monoisotopic (exact) mass is 245 g/mol. The lowest BCUT2D eigenvalue weighted by Gasteiger charge is -2.34. The van der Waals surface area contributed by atoms with Crippen LogP contribution in [0, 0.1) is 0 Å². The van der Waals surface area contributed by atoms with Crippen LogP contribution in [0.4, 0.5) is 17.4 Å². The first-order valence-corrected chi connectivity index (χ1v) is 5.92. The molecule has 18 heavy (non-hydrogen) atoms. The van der Waals surface area contributed by atoms with Gasteiger partial charge in [-0.2, -0.15) is 4.98 Å². The number of fused-ring (bicyclic) bond motifs is 1. The Labute approximate surface area is 105 Å². The van der Waals surface area contributed by atoms with Crippen molar-refractivity contribution in [1.82, 2.24) is 4.98 Å². The molecule has 2 heterocycles. The van der Waals surface area contributed by atoms with E-state index in [-0.39, 0.29) is 6.61 Å². The fourth-order valence-electron chi connectivity index (χ4n) is 2.20. The van der Waals surface area contributed by atoms with Crippen LogP contribution in [-0.4, -0.2) is 30.2 Å². The van der Waals surface area contributed by atoms with Crippen molar-refractivity contribution in [2.75, 3.05) is 29.9 Å². The van der Waals surface area contributed by atoms with E-state index >= 15 is 0 Å². The number of hydrogen-bond donors (Lipinski definition) is 1. The number of benzene rings is 1. The number of aromatic nitrogens is 1. The summed E-state index contributed by atoms with van der Waals surface area (Å²) in [6.07, 6.45) is 1.50. The van der Waals surface area contributed by atoms with Crippen LogP contribution >= 0.6 is 0 Å². The standard InChI is InChI=1S/C13H15N3O2/c1-15-6-7-16(12-5-3-2-4-11(12)15)13-14-10(8-17)9-18-13/h2-5,9,17H,6-8H2,1H3. The van der Waals surface area contributed by atoms with Gasteiger partial charge in [-0.25, -0.2) is 0 Å². The van der Waals surface area contributed by atoms with E-state index in [0.29, 0.717) is 11.7 Å². The molecule has 0 aliphatic carbocycles. The normalized spacial score (nSPS) is 14.8. The fraction of sp³-hybridized carbons (Fsp3) is 0.308. The molecular formula is C13H15N3O2. The molecule has 3 rings (SSSR count). The van der Waals surface area contributed by atoms with Gasteiger partial charge in [0.05, 0.1) is 18.0 Å². The van der Waals surface area contributed by atoms with Gasteiger partial charge in [-0.15, -0.1) is 0 Å². The summed E-state index contributed by atoms with van der Waals surface area (Å²) < 4.78 is 5.42. The number of hydrogen-bond acceptors (Lipinski definition) is 5. The topological polar surface area (TPSA) is 52.7 Å². The van der Waals surface area contributed by atoms with E-state index < -0.39 is 0 Å². The molecule has 1 aliphatic heterocycles. The molecule has 0 atom stereocenters. The van der Waals surface area contributed by atoms with Crippen LogP contribution in [0.25, 0.3) is 0 Å². The molecule has 0 radical (unpaired) electrons. The number of anilines is 3. The third kappa shape index (κ3) is 1.73. The summed E-state index contributed by atoms with van der Waals surface area (Å²) >= 11 is 0. The van der Waals surface area contributed by atoms with Crippen LogP contribution in [0.1, 0.15) is 5.69 Å². The smallest absolute Gasteiger partial charge is 0.302 e. The Balaban J connectivity index is 2.01. The maximum atomic E-state index is 9.04. The maximum absolute atomic E-state index is 9.04. The van der Waals surface area contributed by atoms with Gasteiger partial charge in [0.15, 0.2) is 0 Å². The van der Waals surface area contributed by atoms with Gasteiger partial charge in [0, 0.05) is 20.1 Å². The molecule has 1 aromatic heterocycles. The van der Waals surface area contributed by atoms with Crippen molar-refractivity contribution in [1.29, 1.82) is 0 Å². The first-order chi connectivity index (χ1) is 8.79. The number of rotatable bonds is 2. The number of aliphatic hydroxyl groups is 1. The lowest BCUT2D eigenvalue weighted by Crippen LogP contribution is -2.36. The SMILES string of the molecule is CN1CCN(c2nc(CO)co2)c2ccccc21. The molecule has 0 amide bonds. The highest BCUT2D eigenvalue weighted by Gasteiger charge is 2.24. The summed E-state index contributed by atoms with van der Waals surface area (Å²) in [5.41, 5.74) is 2.80. The summed E-state index contributed by atoms with van der Waals surface area (Å²) in [6.45, 7) is 1.63. The molecule has 1 aliphatic rings. The van der Waals surface area contributed by atoms with E-state index in [1.54, 1.807) is 0 Å². The van der Waals surface area contributed by atoms with Crippen LogP contribution in [0.15, 0.2) is 34.9 Å². The molecule has 0 unspecified atom stereocenters. The van der Waals surface area contributed by atoms with Crippen molar-refractivity contribution >= 4 is 17.4 Å². The fourth-order valence-corrected chi connectivity index (χ4v) is 2.20. The number of aliphatic hydroxyl groups excluding tert-OH is 1. The van der Waals surface area contributed by atoms with Crippen molar-refractivity contribution in [2.45, 2.75) is 6.61 Å². The minimum Gasteiger partial charge on any atom is -0.431 e. The molecule has 5 nitrogen and oxygen atoms in total. The average Bonchev–Trinajstić information content (AvgIpc) is 2.88. The Morgan fingerprint density at radius 3 is 2.78 bits per heavy atom. The van der Waals surface area contributed by atoms with Gasteiger partial charge in [0.2, 0.25) is 0 Å². The highest BCUT2D eigenvalue weighted by Crippen LogP contribution is 2.36. The van der Waals surface area contributed by atoms with E-state index in [1.165, 1.54) is 6.26 Å². The van der Waals surface area contributed by atoms with Crippen molar-refractivity contribution in [3.05, 3.63) is 36.2 Å². The lowest BCUT2D eigenvalue weighted by molar-refractivity contribution is 0.276. The second kappa shape index (κ2) is 4.34. The molecule has 2 aromatic rings. The minimum absolute atomic E-state index is 0.0983. The van der Waals surface area contributed by atoms with Crippen molar-refractivity contribution < 1.29 is 9.52 Å². The Bertz CT molecular complexity index is 553. The Hall–Kier alpha value is -2.01. The van der Waals surface area contributed by atoms with Crippen molar-refractivity contribution in [3.8, 4) is 0 Å². The van der Waals surface area contributed by atoms with E-state index in [2.05, 4.69) is 23.0 Å². The Kier molecular flexibility index (Phi) is 2.68. The quantitative estimate of drug-likeness (QED) is 0.873. The van der Waals surface area contributed by atoms with Crippen LogP contribution in [0.5, 0.6) is 0 Å². The van der Waals surface area contributed by atoms with Gasteiger partial charge in [-0.05, 0) is 12.1 Å². The molecule has 94 valence electrons. The summed E-state index contributed by atoms with van der Waals surface area (Å²) in [5.74, 6) is 0. The molecule has 1 N–H and O–H groups in total. The zero-order valence-electron chi connectivity index (χ0n) is 10.2. The van der Waals surface area contributed by atoms with Crippen LogP contribution in [0.3, 0.4) is 0 Å². The average molecular weight is 245 g/mol. The van der Waals surface area contributed by atoms with Gasteiger partial charge in [-0.3, -0.25) is 4.90 Å². The summed E-state index contributed by atoms with van der Waals surface area (Å²) in [4.78, 5) is 8.51. The molecule has 1 aromatic carbocycles. The molecular weight excluding hydrogens is 230 g/mol. The Morgan fingerprint density at radius 2 is 2.06 bits per heavy atom. The van der Waals surface area contributed by atoms with E-state index in [1.807, 2.05) is 23.1 Å². The predicted octanol–water partition coefficient (Wildman–Crippen LogP) is 1.75. The summed E-state index contributed by atoms with van der Waals surface area (Å²) in [5, 5.41) is 9.04. The second-order valence-electron chi connectivity index (χ2n) is 4.34. The minimum atomic E-state index is -0.0983.